The minimum atomic E-state index is -0.917. The zero-order valence-corrected chi connectivity index (χ0v) is 28.8. The lowest BCUT2D eigenvalue weighted by molar-refractivity contribution is 0.0515. The van der Waals surface area contributed by atoms with E-state index in [9.17, 15) is 19.5 Å². The van der Waals surface area contributed by atoms with Gasteiger partial charge in [-0.3, -0.25) is 4.79 Å². The summed E-state index contributed by atoms with van der Waals surface area (Å²) in [5.41, 5.74) is 3.08. The lowest BCUT2D eigenvalue weighted by Crippen LogP contribution is -2.64. The van der Waals surface area contributed by atoms with Crippen LogP contribution in [0.2, 0.25) is 10.0 Å². The van der Waals surface area contributed by atoms with Gasteiger partial charge in [-0.25, -0.2) is 14.0 Å². The lowest BCUT2D eigenvalue weighted by Gasteiger charge is -2.51. The minimum Gasteiger partial charge on any atom is -0.472 e. The number of hydrogen-bond donors (Lipinski definition) is 1. The zero-order valence-electron chi connectivity index (χ0n) is 27.2. The van der Waals surface area contributed by atoms with Gasteiger partial charge < -0.3 is 38.9 Å². The molecule has 9 rings (SSSR count). The summed E-state index contributed by atoms with van der Waals surface area (Å²) in [5, 5.41) is 9.94. The van der Waals surface area contributed by atoms with Crippen LogP contribution in [0.4, 0.5) is 20.6 Å². The Kier molecular flexibility index (Phi) is 8.43. The number of anilines is 2. The highest BCUT2D eigenvalue weighted by molar-refractivity contribution is 6.40. The van der Waals surface area contributed by atoms with Gasteiger partial charge in [0.1, 0.15) is 11.6 Å². The van der Waals surface area contributed by atoms with Crippen LogP contribution in [-0.2, 0) is 16.0 Å². The second kappa shape index (κ2) is 12.8. The molecular weight excluding hydrogens is 690 g/mol. The van der Waals surface area contributed by atoms with Gasteiger partial charge in [-0.2, -0.15) is 0 Å². The van der Waals surface area contributed by atoms with Crippen LogP contribution >= 0.6 is 23.2 Å². The molecule has 0 aromatic heterocycles. The number of halogens is 3. The zero-order chi connectivity index (χ0) is 34.8. The van der Waals surface area contributed by atoms with E-state index in [1.165, 1.54) is 23.0 Å². The van der Waals surface area contributed by atoms with Crippen LogP contribution in [0.1, 0.15) is 52.0 Å². The Bertz CT molecular complexity index is 1870. The maximum atomic E-state index is 15.9. The van der Waals surface area contributed by atoms with Crippen molar-refractivity contribution in [2.45, 2.75) is 56.4 Å². The number of para-hydroxylation sites is 1. The Morgan fingerprint density at radius 2 is 1.62 bits per heavy atom. The van der Waals surface area contributed by atoms with Crippen LogP contribution in [0, 0.1) is 5.82 Å². The normalized spacial score (nSPS) is 23.8. The van der Waals surface area contributed by atoms with Gasteiger partial charge in [0, 0.05) is 41.5 Å². The summed E-state index contributed by atoms with van der Waals surface area (Å²) in [6.07, 6.45) is 2.55. The van der Waals surface area contributed by atoms with E-state index in [1.807, 2.05) is 6.07 Å². The molecule has 262 valence electrons. The van der Waals surface area contributed by atoms with E-state index in [1.54, 1.807) is 30.3 Å². The number of methoxy groups -OCH3 is 1. The summed E-state index contributed by atoms with van der Waals surface area (Å²) in [7, 11) is 1.28. The predicted octanol–water partition coefficient (Wildman–Crippen LogP) is 6.28. The standard InChI is InChI=1S/C36H35Cl2FN4O7/c1-48-35(45)27-11-30(39)26(12-31(27)43-22-7-8-23(43)17-49-16-22)25-4-2-3-19-13-40(18-50-33(19)25)34(44)32-28(37)9-24(10-29(32)38)41-14-21-6-5-20(41)15-42(21)36(46)47/h2-4,9-12,20-23H,5-8,13-18H2,1H3,(H,46,47)/t20-,21-,22?,23?/m1/s1. The minimum absolute atomic E-state index is 0.00688. The molecule has 0 radical (unpaired) electrons. The maximum Gasteiger partial charge on any atom is 0.407 e. The molecule has 5 saturated heterocycles. The number of hydrogen-bond acceptors (Lipinski definition) is 8. The largest absolute Gasteiger partial charge is 0.472 e. The number of rotatable bonds is 5. The number of fused-ring (bicyclic) bond motifs is 6. The molecule has 11 nitrogen and oxygen atoms in total. The average molecular weight is 726 g/mol. The first-order valence-electron chi connectivity index (χ1n) is 16.7. The van der Waals surface area contributed by atoms with E-state index in [2.05, 4.69) is 9.80 Å². The molecule has 14 heteroatoms. The number of nitrogens with zero attached hydrogens (tertiary/aromatic N) is 4. The SMILES string of the molecule is COC(=O)c1cc(F)c(-c2cccc3c2OCN(C(=O)c2c(Cl)cc(N4C[C@H]5CC[C@@H]4CN5C(=O)O)cc2Cl)C3)cc1N1C2CCC1COC2. The topological polar surface area (TPSA) is 112 Å². The third-order valence-electron chi connectivity index (χ3n) is 10.8. The van der Waals surface area contributed by atoms with Crippen molar-refractivity contribution in [2.75, 3.05) is 49.9 Å². The Hall–Kier alpha value is -4.26. The molecule has 2 amide bonds. The second-order valence-electron chi connectivity index (χ2n) is 13.5. The van der Waals surface area contributed by atoms with Gasteiger partial charge in [0.15, 0.2) is 6.73 Å². The van der Waals surface area contributed by atoms with Crippen molar-refractivity contribution in [3.63, 3.8) is 0 Å². The first kappa shape index (κ1) is 32.9. The average Bonchev–Trinajstić information content (AvgIpc) is 3.36. The molecule has 0 aliphatic carbocycles. The molecule has 0 spiro atoms. The van der Waals surface area contributed by atoms with E-state index in [0.29, 0.717) is 48.9 Å². The van der Waals surface area contributed by atoms with E-state index in [4.69, 9.17) is 37.4 Å². The fourth-order valence-corrected chi connectivity index (χ4v) is 9.00. The molecule has 50 heavy (non-hydrogen) atoms. The van der Waals surface area contributed by atoms with Crippen molar-refractivity contribution < 1.29 is 38.1 Å². The first-order chi connectivity index (χ1) is 24.1. The van der Waals surface area contributed by atoms with Gasteiger partial charge >= 0.3 is 12.1 Å². The predicted molar refractivity (Wildman–Crippen MR) is 184 cm³/mol. The summed E-state index contributed by atoms with van der Waals surface area (Å²) in [5.74, 6) is -1.18. The fourth-order valence-electron chi connectivity index (χ4n) is 8.36. The molecule has 3 aromatic rings. The number of ether oxygens (including phenoxy) is 3. The van der Waals surface area contributed by atoms with E-state index in [0.717, 1.165) is 31.4 Å². The maximum absolute atomic E-state index is 15.9. The molecule has 6 aliphatic heterocycles. The Labute approximate surface area is 298 Å². The van der Waals surface area contributed by atoms with Crippen LogP contribution in [0.5, 0.6) is 5.75 Å². The first-order valence-corrected chi connectivity index (χ1v) is 17.5. The number of piperazine rings is 1. The Morgan fingerprint density at radius 3 is 2.28 bits per heavy atom. The molecule has 4 bridgehead atoms. The van der Waals surface area contributed by atoms with Crippen LogP contribution in [0.25, 0.3) is 11.1 Å². The van der Waals surface area contributed by atoms with Gasteiger partial charge in [0.25, 0.3) is 5.91 Å². The lowest BCUT2D eigenvalue weighted by atomic mass is 9.90. The number of benzene rings is 3. The number of amides is 2. The molecule has 4 atom stereocenters. The third kappa shape index (κ3) is 5.48. The second-order valence-corrected chi connectivity index (χ2v) is 14.3. The monoisotopic (exact) mass is 724 g/mol. The number of piperidine rings is 2. The van der Waals surface area contributed by atoms with Gasteiger partial charge in [-0.05, 0) is 49.9 Å². The summed E-state index contributed by atoms with van der Waals surface area (Å²) in [6, 6.07) is 11.7. The Balaban J connectivity index is 1.06. The molecule has 3 aromatic carbocycles. The van der Waals surface area contributed by atoms with Crippen LogP contribution in [-0.4, -0.2) is 97.2 Å². The molecule has 1 N–H and O–H groups in total. The van der Waals surface area contributed by atoms with Crippen LogP contribution < -0.4 is 14.5 Å². The highest BCUT2D eigenvalue weighted by Crippen LogP contribution is 2.44. The van der Waals surface area contributed by atoms with Crippen LogP contribution in [0.15, 0.2) is 42.5 Å². The van der Waals surface area contributed by atoms with Gasteiger partial charge in [-0.1, -0.05) is 41.4 Å². The summed E-state index contributed by atoms with van der Waals surface area (Å²) in [6.45, 7) is 2.02. The summed E-state index contributed by atoms with van der Waals surface area (Å²) >= 11 is 13.5. The molecule has 6 aliphatic rings. The fraction of sp³-hybridized carbons (Fsp3) is 0.417. The van der Waals surface area contributed by atoms with Crippen molar-refractivity contribution in [2.24, 2.45) is 0 Å². The van der Waals surface area contributed by atoms with Crippen molar-refractivity contribution in [1.29, 1.82) is 0 Å². The molecular formula is C36H35Cl2FN4O7. The van der Waals surface area contributed by atoms with Crippen molar-refractivity contribution in [3.05, 3.63) is 75.0 Å². The molecule has 6 heterocycles. The van der Waals surface area contributed by atoms with Crippen molar-refractivity contribution >= 4 is 52.5 Å². The molecule has 2 unspecified atom stereocenters. The molecule has 0 saturated carbocycles. The van der Waals surface area contributed by atoms with Crippen molar-refractivity contribution in [3.8, 4) is 16.9 Å². The highest BCUT2D eigenvalue weighted by Gasteiger charge is 2.42. The molecule has 5 fully saturated rings. The Morgan fingerprint density at radius 1 is 0.920 bits per heavy atom. The number of carbonyl (C=O) groups excluding carboxylic acids is 2. The summed E-state index contributed by atoms with van der Waals surface area (Å²) < 4.78 is 32.9. The van der Waals surface area contributed by atoms with Crippen LogP contribution in [0.3, 0.4) is 0 Å². The van der Waals surface area contributed by atoms with Gasteiger partial charge in [0.05, 0.1) is 71.9 Å². The number of carboxylic acid groups (broad SMARTS) is 1. The quantitative estimate of drug-likeness (QED) is 0.304. The van der Waals surface area contributed by atoms with E-state index in [-0.39, 0.29) is 64.2 Å². The van der Waals surface area contributed by atoms with Crippen molar-refractivity contribution in [1.82, 2.24) is 9.80 Å². The number of carbonyl (C=O) groups is 3. The smallest absolute Gasteiger partial charge is 0.407 e. The highest BCUT2D eigenvalue weighted by atomic mass is 35.5. The third-order valence-corrected chi connectivity index (χ3v) is 11.4. The van der Waals surface area contributed by atoms with Gasteiger partial charge in [0.2, 0.25) is 0 Å². The number of morpholine rings is 1. The number of esters is 1. The van der Waals surface area contributed by atoms with E-state index >= 15 is 4.39 Å². The summed E-state index contributed by atoms with van der Waals surface area (Å²) in [4.78, 5) is 45.6. The van der Waals surface area contributed by atoms with Gasteiger partial charge in [-0.15, -0.1) is 0 Å². The van der Waals surface area contributed by atoms with E-state index < -0.39 is 23.8 Å².